The predicted molar refractivity (Wildman–Crippen MR) is 68.9 cm³/mol. The Morgan fingerprint density at radius 2 is 2.22 bits per heavy atom. The zero-order valence-electron chi connectivity index (χ0n) is 10.5. The lowest BCUT2D eigenvalue weighted by Gasteiger charge is -2.38. The zero-order chi connectivity index (χ0) is 13.3. The molecule has 1 N–H and O–H groups in total. The first-order chi connectivity index (χ1) is 8.40. The third-order valence-corrected chi connectivity index (χ3v) is 3.37. The van der Waals surface area contributed by atoms with E-state index >= 15 is 0 Å². The Bertz CT molecular complexity index is 476. The Kier molecular flexibility index (Phi) is 3.59. The van der Waals surface area contributed by atoms with Gasteiger partial charge in [0.2, 0.25) is 5.91 Å². The lowest BCUT2D eigenvalue weighted by molar-refractivity contribution is -0.140. The molecule has 1 aromatic carbocycles. The highest BCUT2D eigenvalue weighted by molar-refractivity contribution is 6.30. The van der Waals surface area contributed by atoms with Gasteiger partial charge in [-0.2, -0.15) is 0 Å². The minimum Gasteiger partial charge on any atom is -0.335 e. The first-order valence-electron chi connectivity index (χ1n) is 5.88. The van der Waals surface area contributed by atoms with E-state index in [0.717, 1.165) is 0 Å². The summed E-state index contributed by atoms with van der Waals surface area (Å²) < 4.78 is 13.6. The molecule has 1 amide bonds. The molecule has 0 atom stereocenters. The van der Waals surface area contributed by atoms with Crippen LogP contribution >= 0.6 is 11.6 Å². The fourth-order valence-corrected chi connectivity index (χ4v) is 2.29. The Morgan fingerprint density at radius 1 is 1.50 bits per heavy atom. The van der Waals surface area contributed by atoms with Gasteiger partial charge in [0.05, 0.1) is 5.54 Å². The summed E-state index contributed by atoms with van der Waals surface area (Å²) in [6.07, 6.45) is 0. The van der Waals surface area contributed by atoms with E-state index in [4.69, 9.17) is 11.6 Å². The first-order valence-corrected chi connectivity index (χ1v) is 6.26. The van der Waals surface area contributed by atoms with Crippen molar-refractivity contribution < 1.29 is 9.18 Å². The van der Waals surface area contributed by atoms with Crippen molar-refractivity contribution in [1.29, 1.82) is 0 Å². The van der Waals surface area contributed by atoms with E-state index in [9.17, 15) is 9.18 Å². The van der Waals surface area contributed by atoms with Crippen molar-refractivity contribution in [2.45, 2.75) is 25.9 Å². The zero-order valence-corrected chi connectivity index (χ0v) is 11.2. The van der Waals surface area contributed by atoms with E-state index in [2.05, 4.69) is 5.32 Å². The minimum atomic E-state index is -0.590. The Balaban J connectivity index is 2.18. The molecular weight excluding hydrogens is 255 g/mol. The molecular formula is C13H16ClFN2O. The molecule has 98 valence electrons. The average molecular weight is 271 g/mol. The Hall–Kier alpha value is -1.13. The molecule has 0 unspecified atom stereocenters. The van der Waals surface area contributed by atoms with Gasteiger partial charge in [-0.3, -0.25) is 4.79 Å². The number of hydrogen-bond donors (Lipinski definition) is 1. The number of piperazine rings is 1. The van der Waals surface area contributed by atoms with Crippen molar-refractivity contribution in [1.82, 2.24) is 10.2 Å². The van der Waals surface area contributed by atoms with Crippen LogP contribution in [0.4, 0.5) is 4.39 Å². The molecule has 0 saturated carbocycles. The summed E-state index contributed by atoms with van der Waals surface area (Å²) in [7, 11) is 0. The summed E-state index contributed by atoms with van der Waals surface area (Å²) >= 11 is 5.84. The molecule has 2 rings (SSSR count). The first kappa shape index (κ1) is 13.3. The second-order valence-electron chi connectivity index (χ2n) is 5.01. The van der Waals surface area contributed by atoms with Crippen LogP contribution in [0.25, 0.3) is 0 Å². The van der Waals surface area contributed by atoms with Gasteiger partial charge in [0, 0.05) is 30.2 Å². The van der Waals surface area contributed by atoms with E-state index in [1.807, 2.05) is 13.8 Å². The quantitative estimate of drug-likeness (QED) is 0.893. The van der Waals surface area contributed by atoms with Crippen molar-refractivity contribution >= 4 is 17.5 Å². The van der Waals surface area contributed by atoms with Gasteiger partial charge in [-0.15, -0.1) is 0 Å². The number of nitrogens with one attached hydrogen (secondary N) is 1. The normalized spacial score (nSPS) is 19.1. The molecule has 1 fully saturated rings. The summed E-state index contributed by atoms with van der Waals surface area (Å²) in [5.74, 6) is -0.350. The molecule has 18 heavy (non-hydrogen) atoms. The molecule has 0 bridgehead atoms. The summed E-state index contributed by atoms with van der Waals surface area (Å²) in [5, 5.41) is 3.62. The molecule has 0 aromatic heterocycles. The van der Waals surface area contributed by atoms with Gasteiger partial charge in [0.15, 0.2) is 0 Å². The molecule has 1 aliphatic heterocycles. The van der Waals surface area contributed by atoms with E-state index in [1.165, 1.54) is 12.1 Å². The SMILES string of the molecule is CC1(C)NCCN(Cc2cc(Cl)ccc2F)C1=O. The van der Waals surface area contributed by atoms with Gasteiger partial charge in [-0.25, -0.2) is 4.39 Å². The highest BCUT2D eigenvalue weighted by atomic mass is 35.5. The van der Waals surface area contributed by atoms with E-state index < -0.39 is 5.54 Å². The van der Waals surface area contributed by atoms with Crippen LogP contribution in [0, 0.1) is 5.82 Å². The fourth-order valence-electron chi connectivity index (χ4n) is 2.10. The smallest absolute Gasteiger partial charge is 0.242 e. The number of nitrogens with zero attached hydrogens (tertiary/aromatic N) is 1. The third kappa shape index (κ3) is 2.65. The maximum atomic E-state index is 13.6. The van der Waals surface area contributed by atoms with Crippen molar-refractivity contribution in [3.8, 4) is 0 Å². The van der Waals surface area contributed by atoms with Crippen LogP contribution in [0.15, 0.2) is 18.2 Å². The van der Waals surface area contributed by atoms with Gasteiger partial charge < -0.3 is 10.2 Å². The molecule has 5 heteroatoms. The number of rotatable bonds is 2. The van der Waals surface area contributed by atoms with Crippen LogP contribution in [0.1, 0.15) is 19.4 Å². The number of carbonyl (C=O) groups is 1. The largest absolute Gasteiger partial charge is 0.335 e. The lowest BCUT2D eigenvalue weighted by atomic mass is 10.0. The van der Waals surface area contributed by atoms with Crippen LogP contribution in [-0.4, -0.2) is 29.4 Å². The maximum Gasteiger partial charge on any atom is 0.242 e. The topological polar surface area (TPSA) is 32.3 Å². The predicted octanol–water partition coefficient (Wildman–Crippen LogP) is 2.19. The van der Waals surface area contributed by atoms with Crippen molar-refractivity contribution in [2.24, 2.45) is 0 Å². The molecule has 1 saturated heterocycles. The molecule has 1 aromatic rings. The van der Waals surface area contributed by atoms with Crippen LogP contribution in [0.3, 0.4) is 0 Å². The number of carbonyl (C=O) groups excluding carboxylic acids is 1. The Morgan fingerprint density at radius 3 is 2.94 bits per heavy atom. The molecule has 1 heterocycles. The van der Waals surface area contributed by atoms with Gasteiger partial charge in [0.25, 0.3) is 0 Å². The summed E-state index contributed by atoms with van der Waals surface area (Å²) in [6, 6.07) is 4.40. The molecule has 1 aliphatic rings. The van der Waals surface area contributed by atoms with Crippen molar-refractivity contribution in [3.05, 3.63) is 34.6 Å². The monoisotopic (exact) mass is 270 g/mol. The highest BCUT2D eigenvalue weighted by Crippen LogP contribution is 2.20. The summed E-state index contributed by atoms with van der Waals surface area (Å²) in [4.78, 5) is 13.8. The molecule has 0 radical (unpaired) electrons. The van der Waals surface area contributed by atoms with Gasteiger partial charge in [-0.1, -0.05) is 11.6 Å². The van der Waals surface area contributed by atoms with Gasteiger partial charge >= 0.3 is 0 Å². The Labute approximate surface area is 111 Å². The number of hydrogen-bond acceptors (Lipinski definition) is 2. The van der Waals surface area contributed by atoms with E-state index in [1.54, 1.807) is 11.0 Å². The van der Waals surface area contributed by atoms with Crippen LogP contribution in [-0.2, 0) is 11.3 Å². The highest BCUT2D eigenvalue weighted by Gasteiger charge is 2.35. The second-order valence-corrected chi connectivity index (χ2v) is 5.45. The minimum absolute atomic E-state index is 0.0203. The standard InChI is InChI=1S/C13H16ClFN2O/c1-13(2)12(18)17(6-5-16-13)8-9-7-10(14)3-4-11(9)15/h3-4,7,16H,5-6,8H2,1-2H3. The molecule has 0 spiro atoms. The van der Waals surface area contributed by atoms with Gasteiger partial charge in [-0.05, 0) is 32.0 Å². The van der Waals surface area contributed by atoms with Crippen LogP contribution in [0.5, 0.6) is 0 Å². The summed E-state index contributed by atoms with van der Waals surface area (Å²) in [5.41, 5.74) is -0.138. The van der Waals surface area contributed by atoms with Gasteiger partial charge in [0.1, 0.15) is 5.82 Å². The average Bonchev–Trinajstić information content (AvgIpc) is 2.30. The van der Waals surface area contributed by atoms with E-state index in [0.29, 0.717) is 23.7 Å². The van der Waals surface area contributed by atoms with Crippen LogP contribution in [0.2, 0.25) is 5.02 Å². The fraction of sp³-hybridized carbons (Fsp3) is 0.462. The lowest BCUT2D eigenvalue weighted by Crippen LogP contribution is -2.60. The number of benzene rings is 1. The van der Waals surface area contributed by atoms with E-state index in [-0.39, 0.29) is 18.3 Å². The summed E-state index contributed by atoms with van der Waals surface area (Å²) in [6.45, 7) is 5.21. The second kappa shape index (κ2) is 4.86. The number of amides is 1. The maximum absolute atomic E-state index is 13.6. The number of halogens is 2. The molecule has 3 nitrogen and oxygen atoms in total. The van der Waals surface area contributed by atoms with Crippen molar-refractivity contribution in [2.75, 3.05) is 13.1 Å². The van der Waals surface area contributed by atoms with Crippen molar-refractivity contribution in [3.63, 3.8) is 0 Å². The van der Waals surface area contributed by atoms with Crippen LogP contribution < -0.4 is 5.32 Å². The molecule has 0 aliphatic carbocycles. The third-order valence-electron chi connectivity index (χ3n) is 3.14.